The van der Waals surface area contributed by atoms with Crippen LogP contribution in [0.1, 0.15) is 20.3 Å². The van der Waals surface area contributed by atoms with Gasteiger partial charge in [-0.2, -0.15) is 0 Å². The van der Waals surface area contributed by atoms with E-state index < -0.39 is 0 Å². The summed E-state index contributed by atoms with van der Waals surface area (Å²) >= 11 is 0. The summed E-state index contributed by atoms with van der Waals surface area (Å²) in [6.45, 7) is 6.53. The normalized spacial score (nSPS) is 22.8. The van der Waals surface area contributed by atoms with E-state index in [0.29, 0.717) is 0 Å². The van der Waals surface area contributed by atoms with Crippen molar-refractivity contribution in [2.45, 2.75) is 25.9 Å². The second-order valence-electron chi connectivity index (χ2n) is 3.59. The van der Waals surface area contributed by atoms with E-state index >= 15 is 0 Å². The fourth-order valence-corrected chi connectivity index (χ4v) is 1.52. The highest BCUT2D eigenvalue weighted by molar-refractivity contribution is 4.94. The van der Waals surface area contributed by atoms with Crippen molar-refractivity contribution in [1.29, 1.82) is 0 Å². The quantitative estimate of drug-likeness (QED) is 0.637. The molecular formula is C8H17NO. The van der Waals surface area contributed by atoms with Gasteiger partial charge in [0.05, 0.1) is 5.60 Å². The van der Waals surface area contributed by atoms with Crippen LogP contribution in [0.15, 0.2) is 0 Å². The van der Waals surface area contributed by atoms with Gasteiger partial charge in [0.2, 0.25) is 0 Å². The molecule has 0 spiro atoms. The molecule has 0 aromatic heterocycles. The van der Waals surface area contributed by atoms with Gasteiger partial charge in [0.15, 0.2) is 0 Å². The lowest BCUT2D eigenvalue weighted by Crippen LogP contribution is -2.61. The minimum absolute atomic E-state index is 0.175. The van der Waals surface area contributed by atoms with E-state index in [4.69, 9.17) is 4.74 Å². The number of ether oxygens (including phenoxy) is 1. The van der Waals surface area contributed by atoms with Gasteiger partial charge in [0.1, 0.15) is 0 Å². The van der Waals surface area contributed by atoms with Crippen LogP contribution in [0.25, 0.3) is 0 Å². The van der Waals surface area contributed by atoms with E-state index in [9.17, 15) is 0 Å². The second kappa shape index (κ2) is 2.89. The molecule has 0 radical (unpaired) electrons. The fourth-order valence-electron chi connectivity index (χ4n) is 1.52. The van der Waals surface area contributed by atoms with Crippen molar-refractivity contribution in [2.75, 3.05) is 20.2 Å². The molecule has 0 saturated carbocycles. The van der Waals surface area contributed by atoms with Crippen molar-refractivity contribution < 1.29 is 4.74 Å². The summed E-state index contributed by atoms with van der Waals surface area (Å²) < 4.78 is 5.42. The number of methoxy groups -OCH3 is 1. The number of hydrogen-bond donors (Lipinski definition) is 1. The van der Waals surface area contributed by atoms with Gasteiger partial charge in [-0.3, -0.25) is 0 Å². The summed E-state index contributed by atoms with van der Waals surface area (Å²) in [5.74, 6) is 0.738. The van der Waals surface area contributed by atoms with Gasteiger partial charge >= 0.3 is 0 Å². The molecule has 1 heterocycles. The molecule has 0 aromatic rings. The second-order valence-corrected chi connectivity index (χ2v) is 3.59. The maximum Gasteiger partial charge on any atom is 0.0928 e. The van der Waals surface area contributed by atoms with E-state index in [2.05, 4.69) is 19.2 Å². The highest BCUT2D eigenvalue weighted by atomic mass is 16.5. The first kappa shape index (κ1) is 8.02. The Morgan fingerprint density at radius 1 is 1.50 bits per heavy atom. The lowest BCUT2D eigenvalue weighted by Gasteiger charge is -2.42. The van der Waals surface area contributed by atoms with Crippen LogP contribution in [0.4, 0.5) is 0 Å². The lowest BCUT2D eigenvalue weighted by atomic mass is 9.87. The molecule has 10 heavy (non-hydrogen) atoms. The topological polar surface area (TPSA) is 21.3 Å². The molecule has 0 atom stereocenters. The maximum absolute atomic E-state index is 5.42. The molecule has 0 aliphatic carbocycles. The predicted molar refractivity (Wildman–Crippen MR) is 42.1 cm³/mol. The van der Waals surface area contributed by atoms with Gasteiger partial charge in [-0.05, 0) is 12.3 Å². The molecule has 2 nitrogen and oxygen atoms in total. The Morgan fingerprint density at radius 3 is 2.20 bits per heavy atom. The average molecular weight is 143 g/mol. The maximum atomic E-state index is 5.42. The summed E-state index contributed by atoms with van der Waals surface area (Å²) in [6, 6.07) is 0. The zero-order chi connectivity index (χ0) is 7.61. The van der Waals surface area contributed by atoms with Crippen LogP contribution in [0.3, 0.4) is 0 Å². The first-order valence-corrected chi connectivity index (χ1v) is 3.94. The SMILES string of the molecule is COC1(CC(C)C)CNC1. The molecule has 1 aliphatic heterocycles. The molecule has 60 valence electrons. The number of nitrogens with one attached hydrogen (secondary N) is 1. The summed E-state index contributed by atoms with van der Waals surface area (Å²) in [6.07, 6.45) is 1.18. The molecule has 1 fully saturated rings. The number of hydrogen-bond acceptors (Lipinski definition) is 2. The van der Waals surface area contributed by atoms with Gasteiger partial charge in [-0.1, -0.05) is 13.8 Å². The Hall–Kier alpha value is -0.0800. The predicted octanol–water partition coefficient (Wildman–Crippen LogP) is 1.02. The Labute approximate surface area is 63.0 Å². The molecule has 1 saturated heterocycles. The largest absolute Gasteiger partial charge is 0.376 e. The van der Waals surface area contributed by atoms with Gasteiger partial charge in [-0.25, -0.2) is 0 Å². The molecule has 1 N–H and O–H groups in total. The minimum Gasteiger partial charge on any atom is -0.376 e. The van der Waals surface area contributed by atoms with Crippen molar-refractivity contribution in [2.24, 2.45) is 5.92 Å². The zero-order valence-corrected chi connectivity index (χ0v) is 7.11. The van der Waals surface area contributed by atoms with Gasteiger partial charge in [-0.15, -0.1) is 0 Å². The molecule has 2 heteroatoms. The molecular weight excluding hydrogens is 126 g/mol. The van der Waals surface area contributed by atoms with Crippen molar-refractivity contribution in [3.63, 3.8) is 0 Å². The average Bonchev–Trinajstić information content (AvgIpc) is 1.78. The Morgan fingerprint density at radius 2 is 2.10 bits per heavy atom. The third kappa shape index (κ3) is 1.50. The Balaban J connectivity index is 2.33. The van der Waals surface area contributed by atoms with Crippen LogP contribution in [-0.2, 0) is 4.74 Å². The van der Waals surface area contributed by atoms with Crippen molar-refractivity contribution in [3.05, 3.63) is 0 Å². The smallest absolute Gasteiger partial charge is 0.0928 e. The van der Waals surface area contributed by atoms with Crippen LogP contribution in [0, 0.1) is 5.92 Å². The highest BCUT2D eigenvalue weighted by Crippen LogP contribution is 2.24. The summed E-state index contributed by atoms with van der Waals surface area (Å²) in [4.78, 5) is 0. The molecule has 0 bridgehead atoms. The molecule has 0 unspecified atom stereocenters. The fraction of sp³-hybridized carbons (Fsp3) is 1.00. The zero-order valence-electron chi connectivity index (χ0n) is 7.11. The van der Waals surface area contributed by atoms with Crippen LogP contribution < -0.4 is 5.32 Å². The Kier molecular flexibility index (Phi) is 2.32. The van der Waals surface area contributed by atoms with Crippen molar-refractivity contribution in [3.8, 4) is 0 Å². The lowest BCUT2D eigenvalue weighted by molar-refractivity contribution is -0.0649. The standard InChI is InChI=1S/C8H17NO/c1-7(2)4-8(10-3)5-9-6-8/h7,9H,4-6H2,1-3H3. The third-order valence-electron chi connectivity index (χ3n) is 2.11. The van der Waals surface area contributed by atoms with E-state index in [1.165, 1.54) is 6.42 Å². The number of rotatable bonds is 3. The van der Waals surface area contributed by atoms with E-state index in [1.807, 2.05) is 7.11 Å². The van der Waals surface area contributed by atoms with E-state index in [-0.39, 0.29) is 5.60 Å². The summed E-state index contributed by atoms with van der Waals surface area (Å²) in [5.41, 5.74) is 0.175. The van der Waals surface area contributed by atoms with Crippen LogP contribution in [0.2, 0.25) is 0 Å². The summed E-state index contributed by atoms with van der Waals surface area (Å²) in [7, 11) is 1.81. The van der Waals surface area contributed by atoms with Gasteiger partial charge < -0.3 is 10.1 Å². The minimum atomic E-state index is 0.175. The molecule has 1 rings (SSSR count). The third-order valence-corrected chi connectivity index (χ3v) is 2.11. The van der Waals surface area contributed by atoms with E-state index in [1.54, 1.807) is 0 Å². The van der Waals surface area contributed by atoms with Crippen molar-refractivity contribution >= 4 is 0 Å². The molecule has 0 aromatic carbocycles. The Bertz CT molecular complexity index is 102. The van der Waals surface area contributed by atoms with Crippen LogP contribution >= 0.6 is 0 Å². The van der Waals surface area contributed by atoms with Crippen LogP contribution in [0.5, 0.6) is 0 Å². The van der Waals surface area contributed by atoms with Gasteiger partial charge in [0, 0.05) is 20.2 Å². The van der Waals surface area contributed by atoms with Crippen molar-refractivity contribution in [1.82, 2.24) is 5.32 Å². The highest BCUT2D eigenvalue weighted by Gasteiger charge is 2.36. The first-order chi connectivity index (χ1) is 4.68. The van der Waals surface area contributed by atoms with Gasteiger partial charge in [0.25, 0.3) is 0 Å². The van der Waals surface area contributed by atoms with E-state index in [0.717, 1.165) is 19.0 Å². The monoisotopic (exact) mass is 143 g/mol. The first-order valence-electron chi connectivity index (χ1n) is 3.94. The molecule has 1 aliphatic rings. The molecule has 0 amide bonds. The van der Waals surface area contributed by atoms with Crippen LogP contribution in [-0.4, -0.2) is 25.8 Å². The summed E-state index contributed by atoms with van der Waals surface area (Å²) in [5, 5.41) is 3.23.